The first-order valence-corrected chi connectivity index (χ1v) is 9.32. The van der Waals surface area contributed by atoms with E-state index in [1.165, 1.54) is 21.3 Å². The Morgan fingerprint density at radius 1 is 0.931 bits per heavy atom. The van der Waals surface area contributed by atoms with Gasteiger partial charge in [0.15, 0.2) is 16.6 Å². The molecule has 1 heterocycles. The monoisotopic (exact) mass is 413 g/mol. The maximum absolute atomic E-state index is 12.8. The standard InChI is InChI=1S/C20H19N3O5S/c1-26-14-10-9-13(11-15(14)27-2)17(24)22-18-16(12-7-5-4-6-8-12)21-19(29-18)23-20(25)28-3/h4-11H,1-3H3,(H,22,24)(H,21,23,25). The molecule has 8 nitrogen and oxygen atoms in total. The van der Waals surface area contributed by atoms with Crippen LogP contribution >= 0.6 is 11.3 Å². The minimum atomic E-state index is -0.642. The van der Waals surface area contributed by atoms with E-state index in [2.05, 4.69) is 20.4 Å². The van der Waals surface area contributed by atoms with Crippen LogP contribution in [0.25, 0.3) is 11.3 Å². The number of anilines is 2. The minimum Gasteiger partial charge on any atom is -0.493 e. The SMILES string of the molecule is COC(=O)Nc1nc(-c2ccccc2)c(NC(=O)c2ccc(OC)c(OC)c2)s1. The van der Waals surface area contributed by atoms with Crippen molar-refractivity contribution in [1.29, 1.82) is 0 Å². The predicted molar refractivity (Wildman–Crippen MR) is 111 cm³/mol. The van der Waals surface area contributed by atoms with Gasteiger partial charge in [-0.15, -0.1) is 0 Å². The number of hydrogen-bond acceptors (Lipinski definition) is 7. The Balaban J connectivity index is 1.93. The van der Waals surface area contributed by atoms with Gasteiger partial charge in [-0.05, 0) is 18.2 Å². The Kier molecular flexibility index (Phi) is 6.30. The first kappa shape index (κ1) is 20.2. The van der Waals surface area contributed by atoms with Crippen LogP contribution in [0.5, 0.6) is 11.5 Å². The van der Waals surface area contributed by atoms with Gasteiger partial charge in [-0.3, -0.25) is 10.1 Å². The van der Waals surface area contributed by atoms with Gasteiger partial charge in [0.25, 0.3) is 5.91 Å². The Morgan fingerprint density at radius 2 is 1.66 bits per heavy atom. The number of methoxy groups -OCH3 is 3. The van der Waals surface area contributed by atoms with Crippen molar-refractivity contribution in [3.05, 3.63) is 54.1 Å². The van der Waals surface area contributed by atoms with Crippen LogP contribution in [0.15, 0.2) is 48.5 Å². The number of rotatable bonds is 6. The molecule has 2 amide bonds. The fourth-order valence-corrected chi connectivity index (χ4v) is 3.41. The van der Waals surface area contributed by atoms with Gasteiger partial charge < -0.3 is 19.5 Å². The zero-order valence-corrected chi connectivity index (χ0v) is 16.8. The van der Waals surface area contributed by atoms with Crippen molar-refractivity contribution in [2.24, 2.45) is 0 Å². The van der Waals surface area contributed by atoms with Gasteiger partial charge in [-0.25, -0.2) is 9.78 Å². The Hall–Kier alpha value is -3.59. The molecule has 29 heavy (non-hydrogen) atoms. The molecule has 0 atom stereocenters. The van der Waals surface area contributed by atoms with Crippen molar-refractivity contribution in [2.45, 2.75) is 0 Å². The number of nitrogens with one attached hydrogen (secondary N) is 2. The molecule has 0 fully saturated rings. The van der Waals surface area contributed by atoms with Crippen molar-refractivity contribution >= 4 is 33.5 Å². The summed E-state index contributed by atoms with van der Waals surface area (Å²) in [4.78, 5) is 28.8. The number of nitrogens with zero attached hydrogens (tertiary/aromatic N) is 1. The van der Waals surface area contributed by atoms with Crippen LogP contribution in [0.3, 0.4) is 0 Å². The maximum Gasteiger partial charge on any atom is 0.413 e. The Bertz CT molecular complexity index is 1020. The Morgan fingerprint density at radius 3 is 2.31 bits per heavy atom. The molecule has 0 aliphatic carbocycles. The predicted octanol–water partition coefficient (Wildman–Crippen LogP) is 4.26. The van der Waals surface area contributed by atoms with E-state index in [1.807, 2.05) is 30.3 Å². The van der Waals surface area contributed by atoms with Crippen LogP contribution in [0.2, 0.25) is 0 Å². The average Bonchev–Trinajstić information content (AvgIpc) is 3.15. The lowest BCUT2D eigenvalue weighted by Crippen LogP contribution is -2.12. The van der Waals surface area contributed by atoms with Gasteiger partial charge in [0.05, 0.1) is 21.3 Å². The lowest BCUT2D eigenvalue weighted by Gasteiger charge is -2.10. The molecular weight excluding hydrogens is 394 g/mol. The number of aromatic nitrogens is 1. The summed E-state index contributed by atoms with van der Waals surface area (Å²) in [5.41, 5.74) is 1.72. The molecule has 0 bridgehead atoms. The highest BCUT2D eigenvalue weighted by molar-refractivity contribution is 7.20. The highest BCUT2D eigenvalue weighted by Crippen LogP contribution is 2.36. The number of benzene rings is 2. The third-order valence-corrected chi connectivity index (χ3v) is 4.83. The molecule has 3 aromatic rings. The van der Waals surface area contributed by atoms with Crippen molar-refractivity contribution in [3.8, 4) is 22.8 Å². The molecule has 0 saturated heterocycles. The zero-order valence-electron chi connectivity index (χ0n) is 16.0. The van der Waals surface area contributed by atoms with Crippen LogP contribution in [-0.4, -0.2) is 38.3 Å². The third-order valence-electron chi connectivity index (χ3n) is 3.94. The average molecular weight is 413 g/mol. The molecule has 0 saturated carbocycles. The summed E-state index contributed by atoms with van der Waals surface area (Å²) in [5.74, 6) is 0.619. The van der Waals surface area contributed by atoms with Gasteiger partial charge in [0.2, 0.25) is 0 Å². The van der Waals surface area contributed by atoms with Gasteiger partial charge in [0, 0.05) is 11.1 Å². The van der Waals surface area contributed by atoms with Gasteiger partial charge >= 0.3 is 6.09 Å². The second kappa shape index (κ2) is 9.07. The fourth-order valence-electron chi connectivity index (χ4n) is 2.54. The summed E-state index contributed by atoms with van der Waals surface area (Å²) in [6.07, 6.45) is -0.642. The van der Waals surface area contributed by atoms with Gasteiger partial charge in [0.1, 0.15) is 10.7 Å². The summed E-state index contributed by atoms with van der Waals surface area (Å²) in [7, 11) is 4.29. The van der Waals surface area contributed by atoms with Crippen LogP contribution in [0.1, 0.15) is 10.4 Å². The molecule has 2 N–H and O–H groups in total. The second-order valence-corrected chi connectivity index (χ2v) is 6.70. The molecule has 0 unspecified atom stereocenters. The van der Waals surface area contributed by atoms with Crippen molar-refractivity contribution in [2.75, 3.05) is 32.0 Å². The first-order chi connectivity index (χ1) is 14.0. The molecule has 2 aromatic carbocycles. The van der Waals surface area contributed by atoms with E-state index in [9.17, 15) is 9.59 Å². The normalized spacial score (nSPS) is 10.2. The number of ether oxygens (including phenoxy) is 3. The minimum absolute atomic E-state index is 0.304. The van der Waals surface area contributed by atoms with E-state index in [0.29, 0.717) is 32.9 Å². The molecule has 3 rings (SSSR count). The fraction of sp³-hybridized carbons (Fsp3) is 0.150. The second-order valence-electron chi connectivity index (χ2n) is 5.70. The van der Waals surface area contributed by atoms with E-state index in [1.54, 1.807) is 18.2 Å². The van der Waals surface area contributed by atoms with E-state index in [-0.39, 0.29) is 5.91 Å². The molecule has 0 aliphatic rings. The summed E-state index contributed by atoms with van der Waals surface area (Å²) in [6, 6.07) is 14.2. The summed E-state index contributed by atoms with van der Waals surface area (Å²) >= 11 is 1.13. The lowest BCUT2D eigenvalue weighted by molar-refractivity contribution is 0.102. The number of hydrogen-bond donors (Lipinski definition) is 2. The van der Waals surface area contributed by atoms with E-state index in [4.69, 9.17) is 9.47 Å². The van der Waals surface area contributed by atoms with Crippen molar-refractivity contribution in [1.82, 2.24) is 4.98 Å². The number of carbonyl (C=O) groups excluding carboxylic acids is 2. The topological polar surface area (TPSA) is 98.8 Å². The molecular formula is C20H19N3O5S. The van der Waals surface area contributed by atoms with Crippen LogP contribution in [0, 0.1) is 0 Å². The molecule has 9 heteroatoms. The van der Waals surface area contributed by atoms with Crippen LogP contribution in [-0.2, 0) is 4.74 Å². The molecule has 0 aliphatic heterocycles. The van der Waals surface area contributed by atoms with Gasteiger partial charge in [-0.2, -0.15) is 0 Å². The summed E-state index contributed by atoms with van der Waals surface area (Å²) < 4.78 is 15.1. The lowest BCUT2D eigenvalue weighted by atomic mass is 10.1. The molecule has 1 aromatic heterocycles. The zero-order chi connectivity index (χ0) is 20.8. The highest BCUT2D eigenvalue weighted by Gasteiger charge is 2.18. The maximum atomic E-state index is 12.8. The number of thiazole rings is 1. The van der Waals surface area contributed by atoms with Crippen molar-refractivity contribution < 1.29 is 23.8 Å². The highest BCUT2D eigenvalue weighted by atomic mass is 32.1. The number of carbonyl (C=O) groups is 2. The smallest absolute Gasteiger partial charge is 0.413 e. The van der Waals surface area contributed by atoms with Gasteiger partial charge in [-0.1, -0.05) is 41.7 Å². The van der Waals surface area contributed by atoms with E-state index in [0.717, 1.165) is 16.9 Å². The van der Waals surface area contributed by atoms with E-state index >= 15 is 0 Å². The quantitative estimate of drug-likeness (QED) is 0.627. The first-order valence-electron chi connectivity index (χ1n) is 8.50. The van der Waals surface area contributed by atoms with Crippen LogP contribution in [0.4, 0.5) is 14.9 Å². The molecule has 150 valence electrons. The third kappa shape index (κ3) is 4.64. The molecule has 0 spiro atoms. The summed E-state index contributed by atoms with van der Waals surface area (Å²) in [5, 5.41) is 6.17. The van der Waals surface area contributed by atoms with Crippen molar-refractivity contribution in [3.63, 3.8) is 0 Å². The number of amides is 2. The van der Waals surface area contributed by atoms with Crippen LogP contribution < -0.4 is 20.1 Å². The molecule has 0 radical (unpaired) electrons. The van der Waals surface area contributed by atoms with E-state index < -0.39 is 6.09 Å². The Labute approximate surface area is 171 Å². The largest absolute Gasteiger partial charge is 0.493 e. The summed E-state index contributed by atoms with van der Waals surface area (Å²) in [6.45, 7) is 0.